The Bertz CT molecular complexity index is 272. The molecule has 2 aliphatic carbocycles. The second-order valence-corrected chi connectivity index (χ2v) is 5.63. The first-order valence-corrected chi connectivity index (χ1v) is 5.38. The zero-order valence-corrected chi connectivity index (χ0v) is 9.06. The van der Waals surface area contributed by atoms with E-state index in [1.165, 1.54) is 31.3 Å². The van der Waals surface area contributed by atoms with Gasteiger partial charge in [0, 0.05) is 0 Å². The van der Waals surface area contributed by atoms with E-state index in [1.54, 1.807) is 0 Å². The minimum absolute atomic E-state index is 0.490. The molecule has 0 amide bonds. The maximum Gasteiger partial charge on any atom is -0.0138 e. The summed E-state index contributed by atoms with van der Waals surface area (Å²) in [5.74, 6) is 0. The van der Waals surface area contributed by atoms with Crippen LogP contribution < -0.4 is 0 Å². The first-order valence-electron chi connectivity index (χ1n) is 5.38. The molecule has 2 bridgehead atoms. The first-order chi connectivity index (χ1) is 6.02. The Morgan fingerprint density at radius 3 is 2.77 bits per heavy atom. The van der Waals surface area contributed by atoms with Crippen molar-refractivity contribution in [2.45, 2.75) is 46.5 Å². The molecule has 0 saturated heterocycles. The van der Waals surface area contributed by atoms with Crippen LogP contribution in [-0.4, -0.2) is 0 Å². The zero-order valence-electron chi connectivity index (χ0n) is 9.06. The van der Waals surface area contributed by atoms with Gasteiger partial charge >= 0.3 is 0 Å². The van der Waals surface area contributed by atoms with Crippen molar-refractivity contribution in [3.63, 3.8) is 0 Å². The van der Waals surface area contributed by atoms with Gasteiger partial charge < -0.3 is 0 Å². The van der Waals surface area contributed by atoms with E-state index in [2.05, 4.69) is 39.0 Å². The molecule has 0 spiro atoms. The summed E-state index contributed by atoms with van der Waals surface area (Å²) >= 11 is 0. The van der Waals surface area contributed by atoms with E-state index >= 15 is 0 Å². The molecule has 2 rings (SSSR count). The van der Waals surface area contributed by atoms with E-state index in [0.29, 0.717) is 10.8 Å². The molecule has 2 aliphatic rings. The van der Waals surface area contributed by atoms with E-state index < -0.39 is 0 Å². The van der Waals surface area contributed by atoms with Gasteiger partial charge in [-0.15, -0.1) is 0 Å². The summed E-state index contributed by atoms with van der Waals surface area (Å²) in [6, 6.07) is 0. The normalized spacial score (nSPS) is 50.5. The molecule has 2 unspecified atom stereocenters. The average Bonchev–Trinajstić information content (AvgIpc) is 2.38. The predicted molar refractivity (Wildman–Crippen MR) is 57.6 cm³/mol. The Hall–Kier alpha value is -0.520. The van der Waals surface area contributed by atoms with Crippen LogP contribution in [0.15, 0.2) is 23.8 Å². The molecule has 0 aromatic rings. The monoisotopic (exact) mass is 176 g/mol. The van der Waals surface area contributed by atoms with Crippen molar-refractivity contribution >= 4 is 0 Å². The van der Waals surface area contributed by atoms with Crippen molar-refractivity contribution in [2.75, 3.05) is 0 Å². The topological polar surface area (TPSA) is 0 Å². The fourth-order valence-electron chi connectivity index (χ4n) is 2.86. The largest absolute Gasteiger partial charge is 0.0811 e. The summed E-state index contributed by atoms with van der Waals surface area (Å²) in [4.78, 5) is 0. The molecule has 0 aromatic heterocycles. The van der Waals surface area contributed by atoms with Gasteiger partial charge in [0.1, 0.15) is 0 Å². The first kappa shape index (κ1) is 9.05. The van der Waals surface area contributed by atoms with Crippen molar-refractivity contribution in [2.24, 2.45) is 10.8 Å². The van der Waals surface area contributed by atoms with Crippen LogP contribution in [0.3, 0.4) is 0 Å². The van der Waals surface area contributed by atoms with E-state index in [1.807, 2.05) is 0 Å². The molecule has 1 fully saturated rings. The highest BCUT2D eigenvalue weighted by Gasteiger charge is 2.40. The summed E-state index contributed by atoms with van der Waals surface area (Å²) in [6.07, 6.45) is 12.6. The molecule has 13 heavy (non-hydrogen) atoms. The third-order valence-corrected chi connectivity index (χ3v) is 3.80. The molecule has 0 nitrogen and oxygen atoms in total. The lowest BCUT2D eigenvalue weighted by atomic mass is 9.78. The molecule has 0 heteroatoms. The van der Waals surface area contributed by atoms with Gasteiger partial charge in [0.15, 0.2) is 0 Å². The summed E-state index contributed by atoms with van der Waals surface area (Å²) in [7, 11) is 0. The number of fused-ring (bicyclic) bond motifs is 2. The molecular weight excluding hydrogens is 156 g/mol. The standard InChI is InChI=1S/C13H20/c1-11-4-6-12(2)8-9-13(3,10-12)7-5-11/h4-6H,7-10H2,1-3H3/b6-4-,11-5-. The molecule has 0 aliphatic heterocycles. The Morgan fingerprint density at radius 2 is 2.00 bits per heavy atom. The lowest BCUT2D eigenvalue weighted by molar-refractivity contribution is 0.301. The quantitative estimate of drug-likeness (QED) is 0.521. The van der Waals surface area contributed by atoms with Crippen molar-refractivity contribution in [3.8, 4) is 0 Å². The third kappa shape index (κ3) is 1.72. The van der Waals surface area contributed by atoms with Crippen molar-refractivity contribution < 1.29 is 0 Å². The smallest absolute Gasteiger partial charge is 0.0138 e. The van der Waals surface area contributed by atoms with Crippen LogP contribution in [0.2, 0.25) is 0 Å². The highest BCUT2D eigenvalue weighted by Crippen LogP contribution is 2.52. The van der Waals surface area contributed by atoms with Crippen LogP contribution >= 0.6 is 0 Å². The van der Waals surface area contributed by atoms with Crippen molar-refractivity contribution in [3.05, 3.63) is 23.8 Å². The van der Waals surface area contributed by atoms with Gasteiger partial charge in [-0.25, -0.2) is 0 Å². The summed E-state index contributed by atoms with van der Waals surface area (Å²) in [5, 5.41) is 0. The Labute approximate surface area is 81.7 Å². The minimum Gasteiger partial charge on any atom is -0.0811 e. The number of allylic oxidation sites excluding steroid dienone is 4. The molecule has 2 atom stereocenters. The van der Waals surface area contributed by atoms with Crippen LogP contribution in [0.5, 0.6) is 0 Å². The van der Waals surface area contributed by atoms with E-state index in [-0.39, 0.29) is 0 Å². The van der Waals surface area contributed by atoms with Crippen molar-refractivity contribution in [1.82, 2.24) is 0 Å². The van der Waals surface area contributed by atoms with Crippen molar-refractivity contribution in [1.29, 1.82) is 0 Å². The van der Waals surface area contributed by atoms with Crippen LogP contribution in [-0.2, 0) is 0 Å². The van der Waals surface area contributed by atoms with E-state index in [9.17, 15) is 0 Å². The Morgan fingerprint density at radius 1 is 1.23 bits per heavy atom. The minimum atomic E-state index is 0.490. The van der Waals surface area contributed by atoms with Gasteiger partial charge in [-0.05, 0) is 43.4 Å². The van der Waals surface area contributed by atoms with Crippen LogP contribution in [0.25, 0.3) is 0 Å². The van der Waals surface area contributed by atoms with E-state index in [4.69, 9.17) is 0 Å². The van der Waals surface area contributed by atoms with E-state index in [0.717, 1.165) is 0 Å². The molecular formula is C13H20. The lowest BCUT2D eigenvalue weighted by Crippen LogP contribution is -2.16. The lowest BCUT2D eigenvalue weighted by Gasteiger charge is -2.27. The highest BCUT2D eigenvalue weighted by atomic mass is 14.4. The van der Waals surface area contributed by atoms with Gasteiger partial charge in [-0.3, -0.25) is 0 Å². The van der Waals surface area contributed by atoms with Gasteiger partial charge in [-0.1, -0.05) is 37.6 Å². The number of hydrogen-bond acceptors (Lipinski definition) is 0. The zero-order chi connectivity index (χ0) is 9.53. The number of rotatable bonds is 0. The maximum absolute atomic E-state index is 2.45. The van der Waals surface area contributed by atoms with Gasteiger partial charge in [0.2, 0.25) is 0 Å². The molecule has 0 radical (unpaired) electrons. The predicted octanol–water partition coefficient (Wildman–Crippen LogP) is 4.09. The van der Waals surface area contributed by atoms with Gasteiger partial charge in [0.25, 0.3) is 0 Å². The second kappa shape index (κ2) is 2.73. The van der Waals surface area contributed by atoms with Crippen LogP contribution in [0.1, 0.15) is 46.5 Å². The molecule has 0 N–H and O–H groups in total. The fourth-order valence-corrected chi connectivity index (χ4v) is 2.86. The van der Waals surface area contributed by atoms with Crippen LogP contribution in [0.4, 0.5) is 0 Å². The molecule has 0 aromatic carbocycles. The average molecular weight is 176 g/mol. The summed E-state index contributed by atoms with van der Waals surface area (Å²) in [5.41, 5.74) is 2.52. The third-order valence-electron chi connectivity index (χ3n) is 3.80. The van der Waals surface area contributed by atoms with Crippen LogP contribution in [0, 0.1) is 10.8 Å². The fraction of sp³-hybridized carbons (Fsp3) is 0.692. The van der Waals surface area contributed by atoms with Gasteiger partial charge in [0.05, 0.1) is 0 Å². The molecule has 72 valence electrons. The second-order valence-electron chi connectivity index (χ2n) is 5.63. The molecule has 0 heterocycles. The Kier molecular flexibility index (Phi) is 1.90. The summed E-state index contributed by atoms with van der Waals surface area (Å²) in [6.45, 7) is 7.07. The maximum atomic E-state index is 2.45. The SMILES string of the molecule is CC1=C/CC2(C)CCC(C)(/C=C\1)C2. The molecule has 1 saturated carbocycles. The van der Waals surface area contributed by atoms with Gasteiger partial charge in [-0.2, -0.15) is 0 Å². The summed E-state index contributed by atoms with van der Waals surface area (Å²) < 4.78 is 0. The highest BCUT2D eigenvalue weighted by molar-refractivity contribution is 5.22. The number of hydrogen-bond donors (Lipinski definition) is 0. The Balaban J connectivity index is 2.33.